The number of nitrogens with two attached hydrogens (primary N) is 2. The Morgan fingerprint density at radius 1 is 1.38 bits per heavy atom. The molecule has 0 spiro atoms. The molecule has 72 valence electrons. The van der Waals surface area contributed by atoms with Crippen molar-refractivity contribution in [2.24, 2.45) is 5.73 Å². The first-order valence-electron chi connectivity index (χ1n) is 4.32. The quantitative estimate of drug-likeness (QED) is 0.593. The summed E-state index contributed by atoms with van der Waals surface area (Å²) in [4.78, 5) is 0. The Morgan fingerprint density at radius 2 is 2.00 bits per heavy atom. The van der Waals surface area contributed by atoms with Crippen LogP contribution < -0.4 is 11.5 Å². The summed E-state index contributed by atoms with van der Waals surface area (Å²) in [5.41, 5.74) is 14.1. The van der Waals surface area contributed by atoms with Crippen LogP contribution in [-0.2, 0) is 0 Å². The predicted octanol–water partition coefficient (Wildman–Crippen LogP) is 0.958. The molecule has 0 unspecified atom stereocenters. The standard InChI is InChI=1S/C10H16N2O/c1-6-5-8(11)3-4-9(6)10(12)7(2)13/h3-5,7,10,13H,11-12H2,1-2H3/t7-,10-/m0/s1. The molecule has 0 aliphatic rings. The summed E-state index contributed by atoms with van der Waals surface area (Å²) >= 11 is 0. The van der Waals surface area contributed by atoms with Crippen molar-refractivity contribution in [1.82, 2.24) is 0 Å². The molecule has 13 heavy (non-hydrogen) atoms. The second kappa shape index (κ2) is 3.77. The van der Waals surface area contributed by atoms with Gasteiger partial charge in [0, 0.05) is 5.69 Å². The summed E-state index contributed by atoms with van der Waals surface area (Å²) in [6.45, 7) is 3.62. The molecule has 1 aromatic rings. The second-order valence-electron chi connectivity index (χ2n) is 3.38. The minimum absolute atomic E-state index is 0.333. The molecule has 2 atom stereocenters. The molecular weight excluding hydrogens is 164 g/mol. The van der Waals surface area contributed by atoms with E-state index in [0.717, 1.165) is 16.8 Å². The van der Waals surface area contributed by atoms with Gasteiger partial charge in [0.25, 0.3) is 0 Å². The number of aliphatic hydroxyl groups is 1. The lowest BCUT2D eigenvalue weighted by Gasteiger charge is -2.17. The molecular formula is C10H16N2O. The molecule has 1 rings (SSSR count). The maximum atomic E-state index is 9.31. The smallest absolute Gasteiger partial charge is 0.0704 e. The lowest BCUT2D eigenvalue weighted by molar-refractivity contribution is 0.164. The minimum Gasteiger partial charge on any atom is -0.399 e. The van der Waals surface area contributed by atoms with E-state index in [4.69, 9.17) is 11.5 Å². The molecule has 5 N–H and O–H groups in total. The Labute approximate surface area is 78.4 Å². The Bertz CT molecular complexity index is 297. The van der Waals surface area contributed by atoms with Gasteiger partial charge in [0.2, 0.25) is 0 Å². The summed E-state index contributed by atoms with van der Waals surface area (Å²) in [7, 11) is 0. The van der Waals surface area contributed by atoms with Crippen molar-refractivity contribution in [3.8, 4) is 0 Å². The zero-order valence-electron chi connectivity index (χ0n) is 7.99. The molecule has 0 aromatic heterocycles. The van der Waals surface area contributed by atoms with E-state index in [9.17, 15) is 5.11 Å². The van der Waals surface area contributed by atoms with Crippen LogP contribution in [-0.4, -0.2) is 11.2 Å². The molecule has 3 heteroatoms. The van der Waals surface area contributed by atoms with Crippen molar-refractivity contribution in [1.29, 1.82) is 0 Å². The van der Waals surface area contributed by atoms with Crippen molar-refractivity contribution in [3.05, 3.63) is 29.3 Å². The normalized spacial score (nSPS) is 15.4. The predicted molar refractivity (Wildman–Crippen MR) is 54.2 cm³/mol. The molecule has 3 nitrogen and oxygen atoms in total. The number of rotatable bonds is 2. The Balaban J connectivity index is 3.01. The maximum absolute atomic E-state index is 9.31. The molecule has 0 heterocycles. The topological polar surface area (TPSA) is 72.3 Å². The summed E-state index contributed by atoms with van der Waals surface area (Å²) in [6.07, 6.45) is -0.540. The number of anilines is 1. The summed E-state index contributed by atoms with van der Waals surface area (Å²) in [5, 5.41) is 9.31. The fourth-order valence-electron chi connectivity index (χ4n) is 1.33. The molecule has 0 bridgehead atoms. The van der Waals surface area contributed by atoms with E-state index in [-0.39, 0.29) is 6.04 Å². The highest BCUT2D eigenvalue weighted by Crippen LogP contribution is 2.20. The maximum Gasteiger partial charge on any atom is 0.0704 e. The van der Waals surface area contributed by atoms with Gasteiger partial charge in [-0.05, 0) is 37.1 Å². The molecule has 0 saturated heterocycles. The van der Waals surface area contributed by atoms with Gasteiger partial charge in [-0.1, -0.05) is 6.07 Å². The van der Waals surface area contributed by atoms with Crippen LogP contribution in [0.3, 0.4) is 0 Å². The third-order valence-corrected chi connectivity index (χ3v) is 2.17. The Kier molecular flexibility index (Phi) is 2.90. The molecule has 1 aromatic carbocycles. The van der Waals surface area contributed by atoms with E-state index in [0.29, 0.717) is 0 Å². The molecule has 0 aliphatic carbocycles. The van der Waals surface area contributed by atoms with E-state index >= 15 is 0 Å². The second-order valence-corrected chi connectivity index (χ2v) is 3.38. The van der Waals surface area contributed by atoms with Crippen LogP contribution in [0, 0.1) is 6.92 Å². The van der Waals surface area contributed by atoms with Crippen LogP contribution in [0.5, 0.6) is 0 Å². The van der Waals surface area contributed by atoms with Gasteiger partial charge in [-0.25, -0.2) is 0 Å². The van der Waals surface area contributed by atoms with Crippen molar-refractivity contribution < 1.29 is 5.11 Å². The van der Waals surface area contributed by atoms with Gasteiger partial charge < -0.3 is 16.6 Å². The van der Waals surface area contributed by atoms with Crippen LogP contribution >= 0.6 is 0 Å². The fraction of sp³-hybridized carbons (Fsp3) is 0.400. The van der Waals surface area contributed by atoms with Gasteiger partial charge in [-0.2, -0.15) is 0 Å². The van der Waals surface area contributed by atoms with Crippen molar-refractivity contribution >= 4 is 5.69 Å². The zero-order valence-corrected chi connectivity index (χ0v) is 7.99. The molecule has 0 amide bonds. The SMILES string of the molecule is Cc1cc(N)ccc1[C@@H](N)[C@H](C)O. The van der Waals surface area contributed by atoms with Crippen LogP contribution in [0.2, 0.25) is 0 Å². The average molecular weight is 180 g/mol. The van der Waals surface area contributed by atoms with Gasteiger partial charge in [0.15, 0.2) is 0 Å². The highest BCUT2D eigenvalue weighted by Gasteiger charge is 2.13. The lowest BCUT2D eigenvalue weighted by atomic mass is 9.98. The third-order valence-electron chi connectivity index (χ3n) is 2.17. The molecule has 0 fully saturated rings. The van der Waals surface area contributed by atoms with Crippen LogP contribution in [0.25, 0.3) is 0 Å². The first-order valence-corrected chi connectivity index (χ1v) is 4.32. The largest absolute Gasteiger partial charge is 0.399 e. The van der Waals surface area contributed by atoms with Gasteiger partial charge in [0.05, 0.1) is 12.1 Å². The summed E-state index contributed by atoms with van der Waals surface area (Å²) in [6, 6.07) is 5.19. The molecule has 0 aliphatic heterocycles. The number of aryl methyl sites for hydroxylation is 1. The average Bonchev–Trinajstić information content (AvgIpc) is 2.03. The number of hydrogen-bond donors (Lipinski definition) is 3. The first kappa shape index (κ1) is 10.0. The lowest BCUT2D eigenvalue weighted by Crippen LogP contribution is -2.23. The van der Waals surface area contributed by atoms with E-state index in [1.807, 2.05) is 19.1 Å². The van der Waals surface area contributed by atoms with E-state index in [1.54, 1.807) is 13.0 Å². The van der Waals surface area contributed by atoms with E-state index in [1.165, 1.54) is 0 Å². The van der Waals surface area contributed by atoms with Gasteiger partial charge >= 0.3 is 0 Å². The van der Waals surface area contributed by atoms with E-state index in [2.05, 4.69) is 0 Å². The highest BCUT2D eigenvalue weighted by atomic mass is 16.3. The highest BCUT2D eigenvalue weighted by molar-refractivity contribution is 5.45. The Morgan fingerprint density at radius 3 is 2.46 bits per heavy atom. The molecule has 0 saturated carbocycles. The van der Waals surface area contributed by atoms with Crippen LogP contribution in [0.15, 0.2) is 18.2 Å². The van der Waals surface area contributed by atoms with Crippen LogP contribution in [0.1, 0.15) is 24.1 Å². The van der Waals surface area contributed by atoms with Gasteiger partial charge in [-0.3, -0.25) is 0 Å². The van der Waals surface area contributed by atoms with Crippen molar-refractivity contribution in [2.75, 3.05) is 5.73 Å². The minimum atomic E-state index is -0.540. The van der Waals surface area contributed by atoms with Gasteiger partial charge in [0.1, 0.15) is 0 Å². The summed E-state index contributed by atoms with van der Waals surface area (Å²) in [5.74, 6) is 0. The Hall–Kier alpha value is -1.06. The number of benzene rings is 1. The first-order chi connectivity index (χ1) is 6.02. The third kappa shape index (κ3) is 2.20. The van der Waals surface area contributed by atoms with E-state index < -0.39 is 6.10 Å². The molecule has 0 radical (unpaired) electrons. The monoisotopic (exact) mass is 180 g/mol. The van der Waals surface area contributed by atoms with Crippen LogP contribution in [0.4, 0.5) is 5.69 Å². The van der Waals surface area contributed by atoms with Crippen molar-refractivity contribution in [2.45, 2.75) is 26.0 Å². The number of nitrogen functional groups attached to an aromatic ring is 1. The fourth-order valence-corrected chi connectivity index (χ4v) is 1.33. The number of hydrogen-bond acceptors (Lipinski definition) is 3. The number of aliphatic hydroxyl groups excluding tert-OH is 1. The summed E-state index contributed by atoms with van der Waals surface area (Å²) < 4.78 is 0. The van der Waals surface area contributed by atoms with Gasteiger partial charge in [-0.15, -0.1) is 0 Å². The zero-order chi connectivity index (χ0) is 10.0. The van der Waals surface area contributed by atoms with Crippen molar-refractivity contribution in [3.63, 3.8) is 0 Å².